The topological polar surface area (TPSA) is 86.2 Å². The Bertz CT molecular complexity index is 790. The van der Waals surface area contributed by atoms with E-state index < -0.39 is 0 Å². The lowest BCUT2D eigenvalue weighted by Gasteiger charge is -2.36. The fourth-order valence-corrected chi connectivity index (χ4v) is 4.11. The van der Waals surface area contributed by atoms with E-state index in [2.05, 4.69) is 10.3 Å². The highest BCUT2D eigenvalue weighted by molar-refractivity contribution is 6.00. The van der Waals surface area contributed by atoms with Crippen molar-refractivity contribution in [2.24, 2.45) is 10.9 Å². The van der Waals surface area contributed by atoms with Crippen molar-refractivity contribution in [3.63, 3.8) is 0 Å². The Morgan fingerprint density at radius 1 is 1.13 bits per heavy atom. The average Bonchev–Trinajstić information content (AvgIpc) is 3.29. The van der Waals surface area contributed by atoms with Crippen LogP contribution in [0.2, 0.25) is 0 Å². The van der Waals surface area contributed by atoms with E-state index in [0.29, 0.717) is 30.7 Å². The minimum atomic E-state index is -0.213. The molecule has 30 heavy (non-hydrogen) atoms. The largest absolute Gasteiger partial charge is 0.476 e. The molecule has 7 heteroatoms. The molecular formula is C23H30N2O5. The summed E-state index contributed by atoms with van der Waals surface area (Å²) >= 11 is 0. The Hall–Kier alpha value is -2.41. The second-order valence-electron chi connectivity index (χ2n) is 8.16. The summed E-state index contributed by atoms with van der Waals surface area (Å²) in [5.41, 5.74) is 1.32. The Balaban J connectivity index is 1.21. The lowest BCUT2D eigenvalue weighted by molar-refractivity contribution is -0.161. The van der Waals surface area contributed by atoms with Crippen molar-refractivity contribution >= 4 is 17.8 Å². The van der Waals surface area contributed by atoms with Gasteiger partial charge in [0.25, 0.3) is 5.91 Å². The summed E-state index contributed by atoms with van der Waals surface area (Å²) in [5.74, 6) is -0.0225. The maximum atomic E-state index is 12.6. The summed E-state index contributed by atoms with van der Waals surface area (Å²) in [6, 6.07) is 7.18. The molecule has 1 heterocycles. The van der Waals surface area contributed by atoms with Crippen molar-refractivity contribution in [3.05, 3.63) is 35.4 Å². The number of amides is 1. The molecular weight excluding hydrogens is 384 g/mol. The maximum absolute atomic E-state index is 12.6. The standard InChI is InChI=1S/C23H30N2O5/c26-21(16-5-3-6-17(15-16)22-25-12-13-28-22)24-11-14-29-23(27)19-9-1-2-10-20(19)30-18-7-4-8-18/h3,5-6,15,18-20H,1-2,4,7-14H2,(H,24,26). The monoisotopic (exact) mass is 414 g/mol. The molecule has 1 N–H and O–H groups in total. The van der Waals surface area contributed by atoms with Gasteiger partial charge in [-0.3, -0.25) is 9.59 Å². The van der Waals surface area contributed by atoms with Gasteiger partial charge >= 0.3 is 5.97 Å². The molecule has 1 aromatic rings. The molecule has 7 nitrogen and oxygen atoms in total. The first kappa shape index (κ1) is 20.8. The van der Waals surface area contributed by atoms with Gasteiger partial charge in [-0.15, -0.1) is 0 Å². The van der Waals surface area contributed by atoms with E-state index >= 15 is 0 Å². The number of hydrogen-bond acceptors (Lipinski definition) is 6. The third-order valence-electron chi connectivity index (χ3n) is 6.01. The smallest absolute Gasteiger partial charge is 0.311 e. The molecule has 2 unspecified atom stereocenters. The third kappa shape index (κ3) is 5.19. The van der Waals surface area contributed by atoms with Gasteiger partial charge in [0.2, 0.25) is 5.90 Å². The van der Waals surface area contributed by atoms with Crippen LogP contribution in [0.4, 0.5) is 0 Å². The van der Waals surface area contributed by atoms with Crippen LogP contribution in [-0.4, -0.2) is 56.3 Å². The predicted octanol–water partition coefficient (Wildman–Crippen LogP) is 2.86. The van der Waals surface area contributed by atoms with Gasteiger partial charge in [0.15, 0.2) is 0 Å². The summed E-state index contributed by atoms with van der Waals surface area (Å²) in [7, 11) is 0. The van der Waals surface area contributed by atoms with Crippen molar-refractivity contribution in [1.82, 2.24) is 5.32 Å². The molecule has 0 aromatic heterocycles. The Labute approximate surface area is 177 Å². The van der Waals surface area contributed by atoms with E-state index in [9.17, 15) is 9.59 Å². The summed E-state index contributed by atoms with van der Waals surface area (Å²) in [5, 5.41) is 2.81. The number of carbonyl (C=O) groups excluding carboxylic acids is 2. The summed E-state index contributed by atoms with van der Waals surface area (Å²) in [6.07, 6.45) is 7.61. The molecule has 0 radical (unpaired) electrons. The van der Waals surface area contributed by atoms with Crippen molar-refractivity contribution < 1.29 is 23.8 Å². The number of carbonyl (C=O) groups is 2. The molecule has 2 saturated carbocycles. The first-order chi connectivity index (χ1) is 14.7. The number of aliphatic imine (C=N–C) groups is 1. The summed E-state index contributed by atoms with van der Waals surface area (Å²) < 4.78 is 17.0. The number of ether oxygens (including phenoxy) is 3. The minimum Gasteiger partial charge on any atom is -0.476 e. The fraction of sp³-hybridized carbons (Fsp3) is 0.609. The van der Waals surface area contributed by atoms with Crippen LogP contribution < -0.4 is 5.32 Å². The third-order valence-corrected chi connectivity index (χ3v) is 6.01. The molecule has 0 spiro atoms. The average molecular weight is 415 g/mol. The first-order valence-corrected chi connectivity index (χ1v) is 11.1. The summed E-state index contributed by atoms with van der Waals surface area (Å²) in [6.45, 7) is 1.65. The van der Waals surface area contributed by atoms with Gasteiger partial charge in [-0.05, 0) is 50.3 Å². The van der Waals surface area contributed by atoms with Crippen LogP contribution in [-0.2, 0) is 19.0 Å². The zero-order chi connectivity index (χ0) is 20.8. The Kier molecular flexibility index (Phi) is 7.00. The number of esters is 1. The van der Waals surface area contributed by atoms with E-state index in [4.69, 9.17) is 14.2 Å². The van der Waals surface area contributed by atoms with Gasteiger partial charge in [0.1, 0.15) is 13.2 Å². The lowest BCUT2D eigenvalue weighted by Crippen LogP contribution is -2.39. The van der Waals surface area contributed by atoms with E-state index in [1.54, 1.807) is 18.2 Å². The quantitative estimate of drug-likeness (QED) is 0.522. The molecule has 1 amide bonds. The van der Waals surface area contributed by atoms with Gasteiger partial charge in [0, 0.05) is 11.1 Å². The van der Waals surface area contributed by atoms with E-state index in [0.717, 1.165) is 44.1 Å². The van der Waals surface area contributed by atoms with Crippen molar-refractivity contribution in [2.75, 3.05) is 26.3 Å². The predicted molar refractivity (Wildman–Crippen MR) is 112 cm³/mol. The summed E-state index contributed by atoms with van der Waals surface area (Å²) in [4.78, 5) is 29.3. The lowest BCUT2D eigenvalue weighted by atomic mass is 9.85. The fourth-order valence-electron chi connectivity index (χ4n) is 4.11. The molecule has 4 rings (SSSR count). The molecule has 162 valence electrons. The number of nitrogens with one attached hydrogen (secondary N) is 1. The molecule has 1 aromatic carbocycles. The van der Waals surface area contributed by atoms with Crippen LogP contribution in [0.3, 0.4) is 0 Å². The SMILES string of the molecule is O=C(NCCOC(=O)C1CCCCC1OC1CCC1)c1cccc(C2=NCCO2)c1. The van der Waals surface area contributed by atoms with E-state index in [-0.39, 0.29) is 37.0 Å². The van der Waals surface area contributed by atoms with Crippen LogP contribution >= 0.6 is 0 Å². The number of nitrogens with zero attached hydrogens (tertiary/aromatic N) is 1. The zero-order valence-electron chi connectivity index (χ0n) is 17.3. The zero-order valence-corrected chi connectivity index (χ0v) is 17.3. The molecule has 0 saturated heterocycles. The molecule has 2 atom stereocenters. The normalized spacial score (nSPS) is 23.8. The van der Waals surface area contributed by atoms with Gasteiger partial charge < -0.3 is 19.5 Å². The highest BCUT2D eigenvalue weighted by atomic mass is 16.5. The van der Waals surface area contributed by atoms with Crippen LogP contribution in [0.25, 0.3) is 0 Å². The van der Waals surface area contributed by atoms with Crippen LogP contribution in [0, 0.1) is 5.92 Å². The molecule has 0 bridgehead atoms. The molecule has 1 aliphatic heterocycles. The van der Waals surface area contributed by atoms with Gasteiger partial charge in [-0.25, -0.2) is 4.99 Å². The molecule has 3 aliphatic rings. The molecule has 2 aliphatic carbocycles. The Morgan fingerprint density at radius 3 is 2.77 bits per heavy atom. The number of hydrogen-bond donors (Lipinski definition) is 1. The second kappa shape index (κ2) is 10.1. The van der Waals surface area contributed by atoms with Gasteiger partial charge in [0.05, 0.1) is 31.2 Å². The highest BCUT2D eigenvalue weighted by Gasteiger charge is 2.35. The number of benzene rings is 1. The van der Waals surface area contributed by atoms with Crippen LogP contribution in [0.5, 0.6) is 0 Å². The van der Waals surface area contributed by atoms with E-state index in [1.807, 2.05) is 6.07 Å². The Morgan fingerprint density at radius 2 is 2.00 bits per heavy atom. The second-order valence-corrected chi connectivity index (χ2v) is 8.16. The molecule has 2 fully saturated rings. The van der Waals surface area contributed by atoms with E-state index in [1.165, 1.54) is 6.42 Å². The van der Waals surface area contributed by atoms with Crippen LogP contribution in [0.1, 0.15) is 60.9 Å². The van der Waals surface area contributed by atoms with Gasteiger partial charge in [-0.1, -0.05) is 18.9 Å². The van der Waals surface area contributed by atoms with Crippen molar-refractivity contribution in [1.29, 1.82) is 0 Å². The van der Waals surface area contributed by atoms with Crippen molar-refractivity contribution in [2.45, 2.75) is 57.2 Å². The highest BCUT2D eigenvalue weighted by Crippen LogP contribution is 2.32. The number of rotatable bonds is 8. The van der Waals surface area contributed by atoms with Gasteiger partial charge in [-0.2, -0.15) is 0 Å². The van der Waals surface area contributed by atoms with Crippen LogP contribution in [0.15, 0.2) is 29.3 Å². The maximum Gasteiger partial charge on any atom is 0.311 e. The van der Waals surface area contributed by atoms with Crippen molar-refractivity contribution in [3.8, 4) is 0 Å². The first-order valence-electron chi connectivity index (χ1n) is 11.1. The minimum absolute atomic E-state index is 0.0189.